The van der Waals surface area contributed by atoms with Crippen molar-refractivity contribution in [1.29, 1.82) is 0 Å². The average Bonchev–Trinajstić information content (AvgIpc) is 2.57. The maximum Gasteiger partial charge on any atom is 0.0589 e. The van der Waals surface area contributed by atoms with Crippen LogP contribution in [0.5, 0.6) is 0 Å². The number of hydrogen-bond donors (Lipinski definition) is 1. The monoisotopic (exact) mass is 207 g/mol. The van der Waals surface area contributed by atoms with Gasteiger partial charge in [-0.05, 0) is 42.9 Å². The zero-order valence-corrected chi connectivity index (χ0v) is 8.97. The minimum absolute atomic E-state index is 0.264. The van der Waals surface area contributed by atoms with Gasteiger partial charge in [-0.1, -0.05) is 12.1 Å². The molecule has 0 aliphatic heterocycles. The van der Waals surface area contributed by atoms with Crippen molar-refractivity contribution in [3.05, 3.63) is 29.5 Å². The Morgan fingerprint density at radius 3 is 3.07 bits per heavy atom. The van der Waals surface area contributed by atoms with Crippen LogP contribution in [0.4, 0.5) is 0 Å². The van der Waals surface area contributed by atoms with Gasteiger partial charge in [0.05, 0.1) is 10.4 Å². The molecule has 2 nitrogen and oxygen atoms in total. The number of aliphatic hydroxyl groups excluding tert-OH is 1. The summed E-state index contributed by atoms with van der Waals surface area (Å²) in [6, 6.07) is 6.43. The minimum atomic E-state index is 0.264. The fourth-order valence-electron chi connectivity index (χ4n) is 1.55. The third-order valence-corrected chi connectivity index (χ3v) is 3.24. The van der Waals surface area contributed by atoms with Gasteiger partial charge >= 0.3 is 0 Å². The molecule has 0 radical (unpaired) electrons. The summed E-state index contributed by atoms with van der Waals surface area (Å²) in [4.78, 5) is 0. The van der Waals surface area contributed by atoms with E-state index < -0.39 is 0 Å². The molecule has 0 fully saturated rings. The second-order valence-corrected chi connectivity index (χ2v) is 4.23. The molecular formula is C11H13NOS. The van der Waals surface area contributed by atoms with Crippen LogP contribution in [0.3, 0.4) is 0 Å². The van der Waals surface area contributed by atoms with E-state index in [1.165, 1.54) is 15.6 Å². The highest BCUT2D eigenvalue weighted by Crippen LogP contribution is 2.23. The van der Waals surface area contributed by atoms with E-state index in [4.69, 9.17) is 5.11 Å². The van der Waals surface area contributed by atoms with Gasteiger partial charge in [-0.2, -0.15) is 4.37 Å². The second kappa shape index (κ2) is 4.07. The molecule has 0 saturated carbocycles. The molecule has 0 spiro atoms. The van der Waals surface area contributed by atoms with E-state index in [0.29, 0.717) is 0 Å². The van der Waals surface area contributed by atoms with Crippen molar-refractivity contribution in [1.82, 2.24) is 4.37 Å². The lowest BCUT2D eigenvalue weighted by Gasteiger charge is -1.99. The lowest BCUT2D eigenvalue weighted by atomic mass is 10.1. The van der Waals surface area contributed by atoms with Gasteiger partial charge in [0.2, 0.25) is 0 Å². The summed E-state index contributed by atoms with van der Waals surface area (Å²) in [5.74, 6) is 0. The standard InChI is InChI=1S/C11H13NOS/c1-8-10-5-4-9(3-2-6-13)7-11(10)14-12-8/h4-5,7,13H,2-3,6H2,1H3. The first kappa shape index (κ1) is 9.62. The summed E-state index contributed by atoms with van der Waals surface area (Å²) in [7, 11) is 0. The van der Waals surface area contributed by atoms with Gasteiger partial charge in [0, 0.05) is 12.0 Å². The third-order valence-electron chi connectivity index (χ3n) is 2.34. The first-order valence-electron chi connectivity index (χ1n) is 4.77. The summed E-state index contributed by atoms with van der Waals surface area (Å²) < 4.78 is 5.56. The first-order valence-corrected chi connectivity index (χ1v) is 5.54. The number of hydrogen-bond acceptors (Lipinski definition) is 3. The minimum Gasteiger partial charge on any atom is -0.396 e. The fraction of sp³-hybridized carbons (Fsp3) is 0.364. The maximum absolute atomic E-state index is 8.74. The number of aryl methyl sites for hydroxylation is 2. The van der Waals surface area contributed by atoms with Crippen molar-refractivity contribution in [3.63, 3.8) is 0 Å². The lowest BCUT2D eigenvalue weighted by molar-refractivity contribution is 0.288. The van der Waals surface area contributed by atoms with Crippen LogP contribution < -0.4 is 0 Å². The zero-order chi connectivity index (χ0) is 9.97. The number of benzene rings is 1. The van der Waals surface area contributed by atoms with Crippen LogP contribution in [0.15, 0.2) is 18.2 Å². The molecule has 0 aliphatic carbocycles. The van der Waals surface area contributed by atoms with Gasteiger partial charge < -0.3 is 5.11 Å². The van der Waals surface area contributed by atoms with Crippen molar-refractivity contribution in [3.8, 4) is 0 Å². The van der Waals surface area contributed by atoms with Crippen molar-refractivity contribution in [2.24, 2.45) is 0 Å². The molecule has 2 aromatic rings. The number of fused-ring (bicyclic) bond motifs is 1. The maximum atomic E-state index is 8.74. The Bertz CT molecular complexity index is 436. The number of nitrogens with zero attached hydrogens (tertiary/aromatic N) is 1. The average molecular weight is 207 g/mol. The topological polar surface area (TPSA) is 33.1 Å². The third kappa shape index (κ3) is 1.79. The van der Waals surface area contributed by atoms with Gasteiger partial charge in [-0.25, -0.2) is 0 Å². The molecule has 1 aromatic carbocycles. The summed E-state index contributed by atoms with van der Waals surface area (Å²) in [6.45, 7) is 2.30. The van der Waals surface area contributed by atoms with Crippen LogP contribution in [0, 0.1) is 6.92 Å². The molecule has 0 atom stereocenters. The highest BCUT2D eigenvalue weighted by Gasteiger charge is 2.02. The molecule has 0 aliphatic rings. The van der Waals surface area contributed by atoms with E-state index in [9.17, 15) is 0 Å². The molecule has 1 heterocycles. The van der Waals surface area contributed by atoms with Crippen molar-refractivity contribution < 1.29 is 5.11 Å². The van der Waals surface area contributed by atoms with Gasteiger partial charge in [0.15, 0.2) is 0 Å². The summed E-state index contributed by atoms with van der Waals surface area (Å²) >= 11 is 1.55. The first-order chi connectivity index (χ1) is 6.81. The van der Waals surface area contributed by atoms with Crippen LogP contribution >= 0.6 is 11.5 Å². The summed E-state index contributed by atoms with van der Waals surface area (Å²) in [6.07, 6.45) is 1.78. The van der Waals surface area contributed by atoms with E-state index in [-0.39, 0.29) is 6.61 Å². The molecule has 0 bridgehead atoms. The van der Waals surface area contributed by atoms with E-state index in [2.05, 4.69) is 22.6 Å². The molecule has 74 valence electrons. The predicted molar refractivity (Wildman–Crippen MR) is 59.8 cm³/mol. The highest BCUT2D eigenvalue weighted by molar-refractivity contribution is 7.13. The van der Waals surface area contributed by atoms with Crippen LogP contribution in [0.2, 0.25) is 0 Å². The Morgan fingerprint density at radius 2 is 2.29 bits per heavy atom. The largest absolute Gasteiger partial charge is 0.396 e. The quantitative estimate of drug-likeness (QED) is 0.839. The zero-order valence-electron chi connectivity index (χ0n) is 8.16. The van der Waals surface area contributed by atoms with Crippen molar-refractivity contribution >= 4 is 21.6 Å². The van der Waals surface area contributed by atoms with Crippen molar-refractivity contribution in [2.75, 3.05) is 6.61 Å². The lowest BCUT2D eigenvalue weighted by Crippen LogP contribution is -1.88. The highest BCUT2D eigenvalue weighted by atomic mass is 32.1. The van der Waals surface area contributed by atoms with Crippen molar-refractivity contribution in [2.45, 2.75) is 19.8 Å². The Hall–Kier alpha value is -0.930. The van der Waals surface area contributed by atoms with Gasteiger partial charge in [-0.3, -0.25) is 0 Å². The molecule has 0 amide bonds. The molecular weight excluding hydrogens is 194 g/mol. The van der Waals surface area contributed by atoms with E-state index in [0.717, 1.165) is 18.5 Å². The Kier molecular flexibility index (Phi) is 2.79. The van der Waals surface area contributed by atoms with Gasteiger partial charge in [-0.15, -0.1) is 0 Å². The van der Waals surface area contributed by atoms with Gasteiger partial charge in [0.25, 0.3) is 0 Å². The van der Waals surface area contributed by atoms with E-state index >= 15 is 0 Å². The van der Waals surface area contributed by atoms with Gasteiger partial charge in [0.1, 0.15) is 0 Å². The molecule has 0 unspecified atom stereocenters. The second-order valence-electron chi connectivity index (χ2n) is 3.43. The summed E-state index contributed by atoms with van der Waals surface area (Å²) in [5, 5.41) is 9.99. The van der Waals surface area contributed by atoms with E-state index in [1.54, 1.807) is 11.5 Å². The van der Waals surface area contributed by atoms with Crippen LogP contribution in [0.25, 0.3) is 10.1 Å². The number of aromatic nitrogens is 1. The Labute approximate surface area is 87.4 Å². The van der Waals surface area contributed by atoms with Crippen LogP contribution in [-0.4, -0.2) is 16.1 Å². The number of rotatable bonds is 3. The molecule has 1 N–H and O–H groups in total. The Morgan fingerprint density at radius 1 is 1.43 bits per heavy atom. The normalized spacial score (nSPS) is 11.0. The van der Waals surface area contributed by atoms with Crippen LogP contribution in [0.1, 0.15) is 17.7 Å². The summed E-state index contributed by atoms with van der Waals surface area (Å²) in [5.41, 5.74) is 2.40. The van der Waals surface area contributed by atoms with Crippen LogP contribution in [-0.2, 0) is 6.42 Å². The van der Waals surface area contributed by atoms with E-state index in [1.807, 2.05) is 6.92 Å². The smallest absolute Gasteiger partial charge is 0.0589 e. The molecule has 2 rings (SSSR count). The predicted octanol–water partition coefficient (Wildman–Crippen LogP) is 2.53. The Balaban J connectivity index is 2.32. The SMILES string of the molecule is Cc1nsc2cc(CCCO)ccc12. The molecule has 0 saturated heterocycles. The number of aliphatic hydroxyl groups is 1. The molecule has 14 heavy (non-hydrogen) atoms. The molecule has 1 aromatic heterocycles. The molecule has 3 heteroatoms. The fourth-order valence-corrected chi connectivity index (χ4v) is 2.40.